The monoisotopic (exact) mass is 433 g/mol. The quantitative estimate of drug-likeness (QED) is 0.479. The molecule has 2 N–H and O–H groups in total. The molecule has 1 heterocycles. The normalized spacial score (nSPS) is 12.9. The molecule has 32 heavy (non-hydrogen) atoms. The molecule has 3 aromatic rings. The Kier molecular flexibility index (Phi) is 6.79. The molecule has 1 saturated carbocycles. The van der Waals surface area contributed by atoms with Gasteiger partial charge in [0.1, 0.15) is 11.4 Å². The molecule has 1 aromatic heterocycles. The van der Waals surface area contributed by atoms with Crippen molar-refractivity contribution in [3.63, 3.8) is 0 Å². The Hall–Kier alpha value is -3.68. The second kappa shape index (κ2) is 10.1. The second-order valence-corrected chi connectivity index (χ2v) is 7.78. The first-order valence-electron chi connectivity index (χ1n) is 11.0. The van der Waals surface area contributed by atoms with Crippen molar-refractivity contribution in [2.45, 2.75) is 38.6 Å². The number of rotatable bonds is 10. The number of hydrogen-bond acceptors (Lipinski definition) is 5. The average Bonchev–Trinajstić information content (AvgIpc) is 3.49. The zero-order valence-electron chi connectivity index (χ0n) is 18.1. The van der Waals surface area contributed by atoms with Crippen LogP contribution in [-0.4, -0.2) is 46.0 Å². The van der Waals surface area contributed by atoms with E-state index < -0.39 is 0 Å². The number of carbonyl (C=O) groups excluding carboxylic acids is 2. The Morgan fingerprint density at radius 1 is 1.12 bits per heavy atom. The van der Waals surface area contributed by atoms with E-state index in [9.17, 15) is 9.59 Å². The number of carbonyl (C=O) groups is 2. The average molecular weight is 434 g/mol. The minimum atomic E-state index is -0.246. The standard InChI is InChI=1S/C24H27N5O3/c1-2-25-23(30)18-10-13-22(32-14-6-9-17-7-4-3-5-8-17)21(15-18)29-16-20(27-28-29)24(31)26-19-11-12-19/h3-5,7-8,10,13,15-16,19H,2,6,9,11-12,14H2,1H3,(H,25,30)(H,26,31). The molecule has 8 nitrogen and oxygen atoms in total. The molecule has 1 fully saturated rings. The number of benzene rings is 2. The topological polar surface area (TPSA) is 98.1 Å². The summed E-state index contributed by atoms with van der Waals surface area (Å²) in [5, 5.41) is 13.8. The van der Waals surface area contributed by atoms with Crippen molar-refractivity contribution < 1.29 is 14.3 Å². The van der Waals surface area contributed by atoms with Crippen LogP contribution in [0.1, 0.15) is 52.6 Å². The van der Waals surface area contributed by atoms with Gasteiger partial charge in [-0.25, -0.2) is 4.68 Å². The fourth-order valence-corrected chi connectivity index (χ4v) is 3.30. The van der Waals surface area contributed by atoms with Gasteiger partial charge in [0.25, 0.3) is 11.8 Å². The maximum atomic E-state index is 12.3. The molecule has 2 aromatic carbocycles. The van der Waals surface area contributed by atoms with E-state index in [0.29, 0.717) is 30.2 Å². The van der Waals surface area contributed by atoms with Crippen molar-refractivity contribution in [1.82, 2.24) is 25.6 Å². The predicted molar refractivity (Wildman–Crippen MR) is 120 cm³/mol. The zero-order valence-corrected chi connectivity index (χ0v) is 18.1. The summed E-state index contributed by atoms with van der Waals surface area (Å²) in [5.41, 5.74) is 2.53. The summed E-state index contributed by atoms with van der Waals surface area (Å²) in [6.45, 7) is 2.90. The molecule has 0 aliphatic heterocycles. The van der Waals surface area contributed by atoms with Gasteiger partial charge in [0.2, 0.25) is 0 Å². The Bertz CT molecular complexity index is 1080. The summed E-state index contributed by atoms with van der Waals surface area (Å²) in [6.07, 6.45) is 5.30. The summed E-state index contributed by atoms with van der Waals surface area (Å²) < 4.78 is 7.51. The van der Waals surface area contributed by atoms with E-state index in [2.05, 4.69) is 33.1 Å². The minimum Gasteiger partial charge on any atom is -0.491 e. The van der Waals surface area contributed by atoms with Gasteiger partial charge >= 0.3 is 0 Å². The van der Waals surface area contributed by atoms with Crippen LogP contribution in [0, 0.1) is 0 Å². The third kappa shape index (κ3) is 5.51. The summed E-state index contributed by atoms with van der Waals surface area (Å²) in [7, 11) is 0. The van der Waals surface area contributed by atoms with Crippen LogP contribution in [0.25, 0.3) is 5.69 Å². The molecule has 8 heteroatoms. The SMILES string of the molecule is CCNC(=O)c1ccc(OCCCc2ccccc2)c(-n2cc(C(=O)NC3CC3)nn2)c1. The number of hydrogen-bond donors (Lipinski definition) is 2. The molecule has 2 amide bonds. The lowest BCUT2D eigenvalue weighted by molar-refractivity contribution is 0.0941. The number of aromatic nitrogens is 3. The van der Waals surface area contributed by atoms with Gasteiger partial charge in [-0.1, -0.05) is 35.5 Å². The Labute approximate surface area is 187 Å². The van der Waals surface area contributed by atoms with Crippen LogP contribution in [0.3, 0.4) is 0 Å². The van der Waals surface area contributed by atoms with E-state index in [1.54, 1.807) is 24.4 Å². The second-order valence-electron chi connectivity index (χ2n) is 7.78. The summed E-state index contributed by atoms with van der Waals surface area (Å²) in [4.78, 5) is 24.6. The van der Waals surface area contributed by atoms with Crippen molar-refractivity contribution in [3.05, 3.63) is 71.5 Å². The highest BCUT2D eigenvalue weighted by Gasteiger charge is 2.25. The Morgan fingerprint density at radius 3 is 2.69 bits per heavy atom. The van der Waals surface area contributed by atoms with Crippen molar-refractivity contribution >= 4 is 11.8 Å². The van der Waals surface area contributed by atoms with Crippen LogP contribution in [0.5, 0.6) is 5.75 Å². The van der Waals surface area contributed by atoms with Gasteiger partial charge in [0.05, 0.1) is 12.8 Å². The fraction of sp³-hybridized carbons (Fsp3) is 0.333. The molecule has 0 spiro atoms. The van der Waals surface area contributed by atoms with E-state index in [1.165, 1.54) is 10.2 Å². The smallest absolute Gasteiger partial charge is 0.273 e. The number of amides is 2. The summed E-state index contributed by atoms with van der Waals surface area (Å²) in [6, 6.07) is 15.6. The largest absolute Gasteiger partial charge is 0.491 e. The van der Waals surface area contributed by atoms with Crippen LogP contribution in [0.15, 0.2) is 54.7 Å². The third-order valence-corrected chi connectivity index (χ3v) is 5.15. The van der Waals surface area contributed by atoms with Gasteiger partial charge in [-0.05, 0) is 56.4 Å². The predicted octanol–water partition coefficient (Wildman–Crippen LogP) is 2.92. The minimum absolute atomic E-state index is 0.184. The maximum absolute atomic E-state index is 12.3. The molecule has 0 radical (unpaired) electrons. The van der Waals surface area contributed by atoms with Crippen LogP contribution < -0.4 is 15.4 Å². The van der Waals surface area contributed by atoms with Crippen LogP contribution in [-0.2, 0) is 6.42 Å². The van der Waals surface area contributed by atoms with Gasteiger partial charge in [0.15, 0.2) is 5.69 Å². The van der Waals surface area contributed by atoms with Crippen molar-refractivity contribution in [1.29, 1.82) is 0 Å². The van der Waals surface area contributed by atoms with E-state index in [0.717, 1.165) is 25.7 Å². The first kappa shape index (κ1) is 21.5. The van der Waals surface area contributed by atoms with Crippen LogP contribution >= 0.6 is 0 Å². The number of aryl methyl sites for hydroxylation is 1. The Morgan fingerprint density at radius 2 is 1.94 bits per heavy atom. The van der Waals surface area contributed by atoms with Gasteiger partial charge in [-0.2, -0.15) is 0 Å². The Balaban J connectivity index is 1.50. The molecule has 4 rings (SSSR count). The lowest BCUT2D eigenvalue weighted by Gasteiger charge is -2.13. The number of ether oxygens (including phenoxy) is 1. The first-order valence-corrected chi connectivity index (χ1v) is 11.0. The van der Waals surface area contributed by atoms with Gasteiger partial charge < -0.3 is 15.4 Å². The van der Waals surface area contributed by atoms with Crippen molar-refractivity contribution in [2.75, 3.05) is 13.2 Å². The lowest BCUT2D eigenvalue weighted by Crippen LogP contribution is -2.25. The summed E-state index contributed by atoms with van der Waals surface area (Å²) >= 11 is 0. The molecule has 0 saturated heterocycles. The first-order chi connectivity index (χ1) is 15.6. The molecular formula is C24H27N5O3. The molecule has 1 aliphatic carbocycles. The number of nitrogens with one attached hydrogen (secondary N) is 2. The fourth-order valence-electron chi connectivity index (χ4n) is 3.30. The van der Waals surface area contributed by atoms with Crippen LogP contribution in [0.2, 0.25) is 0 Å². The van der Waals surface area contributed by atoms with Gasteiger partial charge in [-0.15, -0.1) is 5.10 Å². The maximum Gasteiger partial charge on any atom is 0.273 e. The zero-order chi connectivity index (χ0) is 22.3. The highest BCUT2D eigenvalue weighted by molar-refractivity contribution is 5.95. The molecule has 0 atom stereocenters. The van der Waals surface area contributed by atoms with Crippen LogP contribution in [0.4, 0.5) is 0 Å². The molecule has 166 valence electrons. The van der Waals surface area contributed by atoms with Gasteiger partial charge in [0, 0.05) is 18.2 Å². The number of nitrogens with zero attached hydrogens (tertiary/aromatic N) is 3. The van der Waals surface area contributed by atoms with Crippen molar-refractivity contribution in [2.24, 2.45) is 0 Å². The van der Waals surface area contributed by atoms with E-state index in [-0.39, 0.29) is 23.6 Å². The highest BCUT2D eigenvalue weighted by atomic mass is 16.5. The van der Waals surface area contributed by atoms with Crippen molar-refractivity contribution in [3.8, 4) is 11.4 Å². The van der Waals surface area contributed by atoms with E-state index >= 15 is 0 Å². The van der Waals surface area contributed by atoms with Gasteiger partial charge in [-0.3, -0.25) is 9.59 Å². The lowest BCUT2D eigenvalue weighted by atomic mass is 10.1. The third-order valence-electron chi connectivity index (χ3n) is 5.15. The summed E-state index contributed by atoms with van der Waals surface area (Å²) in [5.74, 6) is 0.144. The molecule has 0 bridgehead atoms. The molecule has 0 unspecified atom stereocenters. The molecular weight excluding hydrogens is 406 g/mol. The van der Waals surface area contributed by atoms with E-state index in [1.807, 2.05) is 25.1 Å². The van der Waals surface area contributed by atoms with E-state index in [4.69, 9.17) is 4.74 Å². The molecule has 1 aliphatic rings. The highest BCUT2D eigenvalue weighted by Crippen LogP contribution is 2.25.